The van der Waals surface area contributed by atoms with Crippen LogP contribution in [0.25, 0.3) is 22.3 Å². The molecule has 0 unspecified atom stereocenters. The highest BCUT2D eigenvalue weighted by atomic mass is 16.4. The molecule has 0 saturated carbocycles. The van der Waals surface area contributed by atoms with Crippen LogP contribution in [0, 0.1) is 0 Å². The van der Waals surface area contributed by atoms with Crippen molar-refractivity contribution in [1.82, 2.24) is 4.98 Å². The van der Waals surface area contributed by atoms with Gasteiger partial charge in [-0.3, -0.25) is 4.79 Å². The SMILES string of the molecule is Nc1[nH]c(=O)c(C(=O)O)c(-c2cccc(-c3ccccc3C(=O)O)c2)c1C(=O)O. The molecule has 9 nitrogen and oxygen atoms in total. The molecule has 0 amide bonds. The van der Waals surface area contributed by atoms with E-state index in [0.717, 1.165) is 0 Å². The molecule has 0 saturated heterocycles. The van der Waals surface area contributed by atoms with E-state index in [9.17, 15) is 34.5 Å². The molecule has 3 aromatic rings. The number of carboxylic acid groups (broad SMARTS) is 3. The number of carboxylic acids is 3. The molecule has 0 bridgehead atoms. The molecule has 0 aliphatic carbocycles. The molecule has 1 heterocycles. The van der Waals surface area contributed by atoms with Gasteiger partial charge in [0, 0.05) is 5.56 Å². The van der Waals surface area contributed by atoms with Crippen molar-refractivity contribution in [3.05, 3.63) is 75.6 Å². The summed E-state index contributed by atoms with van der Waals surface area (Å²) in [5.74, 6) is -4.80. The summed E-state index contributed by atoms with van der Waals surface area (Å²) in [4.78, 5) is 49.1. The number of hydrogen-bond acceptors (Lipinski definition) is 5. The van der Waals surface area contributed by atoms with Crippen molar-refractivity contribution in [2.24, 2.45) is 0 Å². The van der Waals surface area contributed by atoms with Crippen LogP contribution in [0.15, 0.2) is 53.3 Å². The Morgan fingerprint density at radius 3 is 2.03 bits per heavy atom. The largest absolute Gasteiger partial charge is 0.478 e. The maximum Gasteiger partial charge on any atom is 0.342 e. The third kappa shape index (κ3) is 3.44. The van der Waals surface area contributed by atoms with Crippen LogP contribution in [-0.2, 0) is 0 Å². The number of carbonyl (C=O) groups is 3. The van der Waals surface area contributed by atoms with Gasteiger partial charge in [-0.2, -0.15) is 0 Å². The molecular weight excluding hydrogens is 380 g/mol. The van der Waals surface area contributed by atoms with E-state index in [1.54, 1.807) is 24.3 Å². The number of hydrogen-bond donors (Lipinski definition) is 5. The third-order valence-corrected chi connectivity index (χ3v) is 4.29. The van der Waals surface area contributed by atoms with Gasteiger partial charge in [0.2, 0.25) is 0 Å². The van der Waals surface area contributed by atoms with Crippen molar-refractivity contribution in [2.45, 2.75) is 0 Å². The van der Waals surface area contributed by atoms with Gasteiger partial charge in [-0.15, -0.1) is 0 Å². The van der Waals surface area contributed by atoms with Crippen LogP contribution < -0.4 is 11.3 Å². The van der Waals surface area contributed by atoms with Gasteiger partial charge in [-0.25, -0.2) is 14.4 Å². The lowest BCUT2D eigenvalue weighted by Gasteiger charge is -2.14. The van der Waals surface area contributed by atoms with Crippen molar-refractivity contribution >= 4 is 23.7 Å². The number of nitrogens with one attached hydrogen (secondary N) is 1. The van der Waals surface area contributed by atoms with Crippen LogP contribution in [0.2, 0.25) is 0 Å². The van der Waals surface area contributed by atoms with Crippen molar-refractivity contribution in [2.75, 3.05) is 5.73 Å². The van der Waals surface area contributed by atoms with Crippen molar-refractivity contribution in [1.29, 1.82) is 0 Å². The topological polar surface area (TPSA) is 171 Å². The fraction of sp³-hybridized carbons (Fsp3) is 0. The van der Waals surface area contributed by atoms with Gasteiger partial charge in [0.1, 0.15) is 16.9 Å². The predicted molar refractivity (Wildman–Crippen MR) is 103 cm³/mol. The third-order valence-electron chi connectivity index (χ3n) is 4.29. The first kappa shape index (κ1) is 19.4. The first-order chi connectivity index (χ1) is 13.7. The van der Waals surface area contributed by atoms with Crippen molar-refractivity contribution < 1.29 is 29.7 Å². The lowest BCUT2D eigenvalue weighted by molar-refractivity contribution is 0.0682. The molecule has 9 heteroatoms. The maximum atomic E-state index is 12.2. The second-order valence-electron chi connectivity index (χ2n) is 6.03. The smallest absolute Gasteiger partial charge is 0.342 e. The van der Waals surface area contributed by atoms with Crippen LogP contribution in [-0.4, -0.2) is 38.2 Å². The minimum absolute atomic E-state index is 0.00647. The van der Waals surface area contributed by atoms with Crippen LogP contribution in [0.5, 0.6) is 0 Å². The molecule has 3 rings (SSSR count). The minimum Gasteiger partial charge on any atom is -0.478 e. The Kier molecular flexibility index (Phi) is 4.88. The average Bonchev–Trinajstić information content (AvgIpc) is 2.66. The average molecular weight is 394 g/mol. The fourth-order valence-corrected chi connectivity index (χ4v) is 3.10. The highest BCUT2D eigenvalue weighted by Crippen LogP contribution is 2.33. The van der Waals surface area contributed by atoms with Gasteiger partial charge in [-0.1, -0.05) is 36.4 Å². The van der Waals surface area contributed by atoms with E-state index in [0.29, 0.717) is 11.1 Å². The number of anilines is 1. The predicted octanol–water partition coefficient (Wildman–Crippen LogP) is 2.39. The van der Waals surface area contributed by atoms with Crippen molar-refractivity contribution in [3.8, 4) is 22.3 Å². The Balaban J connectivity index is 2.37. The van der Waals surface area contributed by atoms with Gasteiger partial charge in [0.25, 0.3) is 5.56 Å². The zero-order chi connectivity index (χ0) is 21.3. The molecule has 0 fully saturated rings. The zero-order valence-electron chi connectivity index (χ0n) is 14.7. The summed E-state index contributed by atoms with van der Waals surface area (Å²) in [5, 5.41) is 28.4. The van der Waals surface area contributed by atoms with Gasteiger partial charge < -0.3 is 26.0 Å². The molecule has 146 valence electrons. The van der Waals surface area contributed by atoms with E-state index in [2.05, 4.69) is 0 Å². The summed E-state index contributed by atoms with van der Waals surface area (Å²) in [5.41, 5.74) is 3.72. The molecule has 1 aromatic heterocycles. The van der Waals surface area contributed by atoms with Crippen LogP contribution in [0.1, 0.15) is 31.1 Å². The molecule has 0 aliphatic rings. The Morgan fingerprint density at radius 1 is 0.793 bits per heavy atom. The summed E-state index contributed by atoms with van der Waals surface area (Å²) in [6.45, 7) is 0. The highest BCUT2D eigenvalue weighted by Gasteiger charge is 2.26. The number of pyridine rings is 1. The number of H-pyrrole nitrogens is 1. The number of aromatic carboxylic acids is 3. The van der Waals surface area contributed by atoms with E-state index in [4.69, 9.17) is 5.73 Å². The summed E-state index contributed by atoms with van der Waals surface area (Å²) in [7, 11) is 0. The van der Waals surface area contributed by atoms with Gasteiger partial charge in [-0.05, 0) is 28.8 Å². The van der Waals surface area contributed by atoms with Crippen LogP contribution in [0.4, 0.5) is 5.82 Å². The Labute approximate surface area is 162 Å². The quantitative estimate of drug-likeness (QED) is 0.439. The second kappa shape index (κ2) is 7.31. The van der Waals surface area contributed by atoms with Gasteiger partial charge in [0.15, 0.2) is 0 Å². The Bertz CT molecular complexity index is 1230. The van der Waals surface area contributed by atoms with E-state index >= 15 is 0 Å². The number of nitrogen functional groups attached to an aromatic ring is 1. The normalized spacial score (nSPS) is 10.5. The lowest BCUT2D eigenvalue weighted by atomic mass is 9.92. The summed E-state index contributed by atoms with van der Waals surface area (Å²) in [6.07, 6.45) is 0. The Morgan fingerprint density at radius 2 is 1.41 bits per heavy atom. The molecule has 0 aliphatic heterocycles. The fourth-order valence-electron chi connectivity index (χ4n) is 3.10. The monoisotopic (exact) mass is 394 g/mol. The molecule has 0 radical (unpaired) electrons. The van der Waals surface area contributed by atoms with E-state index < -0.39 is 40.4 Å². The first-order valence-corrected chi connectivity index (χ1v) is 8.17. The Hall–Kier alpha value is -4.40. The number of rotatable bonds is 5. The van der Waals surface area contributed by atoms with Crippen LogP contribution in [0.3, 0.4) is 0 Å². The lowest BCUT2D eigenvalue weighted by Crippen LogP contribution is -2.24. The van der Waals surface area contributed by atoms with Gasteiger partial charge >= 0.3 is 17.9 Å². The summed E-state index contributed by atoms with van der Waals surface area (Å²) in [6, 6.07) is 12.1. The molecular formula is C20H14N2O7. The number of aromatic amines is 1. The summed E-state index contributed by atoms with van der Waals surface area (Å²) >= 11 is 0. The molecule has 0 atom stereocenters. The molecule has 6 N–H and O–H groups in total. The maximum absolute atomic E-state index is 12.2. The highest BCUT2D eigenvalue weighted by molar-refractivity contribution is 6.07. The second-order valence-corrected chi connectivity index (χ2v) is 6.03. The van der Waals surface area contributed by atoms with E-state index in [1.165, 1.54) is 24.3 Å². The van der Waals surface area contributed by atoms with Gasteiger partial charge in [0.05, 0.1) is 5.56 Å². The zero-order valence-corrected chi connectivity index (χ0v) is 14.7. The van der Waals surface area contributed by atoms with E-state index in [-0.39, 0.29) is 16.7 Å². The minimum atomic E-state index is -1.62. The van der Waals surface area contributed by atoms with E-state index in [1.807, 2.05) is 4.98 Å². The molecule has 29 heavy (non-hydrogen) atoms. The first-order valence-electron chi connectivity index (χ1n) is 8.17. The standard InChI is InChI=1S/C20H14N2O7/c21-16-14(19(26)27)13(15(20(28)29)17(23)22-16)10-5-3-4-9(8-10)11-6-1-2-7-12(11)18(24)25/h1-8H,(H,24,25)(H,26,27)(H,28,29)(H3,21,22,23). The number of aromatic nitrogens is 1. The summed E-state index contributed by atoms with van der Waals surface area (Å²) < 4.78 is 0. The molecule has 0 spiro atoms. The molecule has 2 aromatic carbocycles. The van der Waals surface area contributed by atoms with Crippen molar-refractivity contribution in [3.63, 3.8) is 0 Å². The number of benzene rings is 2. The van der Waals surface area contributed by atoms with Crippen LogP contribution >= 0.6 is 0 Å². The number of nitrogens with two attached hydrogens (primary N) is 1.